The smallest absolute Gasteiger partial charge is 0.168 e. The molecule has 1 aromatic heterocycles. The van der Waals surface area contributed by atoms with E-state index in [9.17, 15) is 4.39 Å². The molecular weight excluding hydrogens is 195 g/mol. The van der Waals surface area contributed by atoms with E-state index in [1.807, 2.05) is 0 Å². The molecule has 15 heavy (non-hydrogen) atoms. The zero-order chi connectivity index (χ0) is 11.0. The van der Waals surface area contributed by atoms with Crippen LogP contribution in [0, 0.1) is 12.7 Å². The van der Waals surface area contributed by atoms with Gasteiger partial charge in [-0.25, -0.2) is 4.39 Å². The summed E-state index contributed by atoms with van der Waals surface area (Å²) in [5, 5.41) is 7.77. The molecule has 0 atom stereocenters. The van der Waals surface area contributed by atoms with Crippen LogP contribution in [0.15, 0.2) is 18.2 Å². The molecule has 2 N–H and O–H groups in total. The van der Waals surface area contributed by atoms with E-state index in [4.69, 9.17) is 5.73 Å². The normalized spacial score (nSPS) is 10.6. The van der Waals surface area contributed by atoms with Crippen LogP contribution >= 0.6 is 0 Å². The SMILES string of the molecule is Cc1nnc(-c2c(N)cccc2F)n1C. The number of benzene rings is 1. The summed E-state index contributed by atoms with van der Waals surface area (Å²) in [5.41, 5.74) is 6.38. The van der Waals surface area contributed by atoms with E-state index in [2.05, 4.69) is 10.2 Å². The Morgan fingerprint density at radius 3 is 2.60 bits per heavy atom. The van der Waals surface area contributed by atoms with Crippen LogP contribution in [0.2, 0.25) is 0 Å². The van der Waals surface area contributed by atoms with E-state index >= 15 is 0 Å². The first-order valence-electron chi connectivity index (χ1n) is 4.51. The molecule has 0 radical (unpaired) electrons. The van der Waals surface area contributed by atoms with Crippen molar-refractivity contribution in [1.29, 1.82) is 0 Å². The Balaban J connectivity index is 2.69. The summed E-state index contributed by atoms with van der Waals surface area (Å²) in [5.74, 6) is 0.779. The van der Waals surface area contributed by atoms with Crippen molar-refractivity contribution in [1.82, 2.24) is 14.8 Å². The van der Waals surface area contributed by atoms with Crippen LogP contribution in [0.1, 0.15) is 5.82 Å². The number of aromatic nitrogens is 3. The minimum absolute atomic E-state index is 0.306. The third-order valence-corrected chi connectivity index (χ3v) is 2.36. The van der Waals surface area contributed by atoms with Gasteiger partial charge in [0.25, 0.3) is 0 Å². The summed E-state index contributed by atoms with van der Waals surface area (Å²) in [7, 11) is 1.77. The van der Waals surface area contributed by atoms with Crippen LogP contribution in [0.5, 0.6) is 0 Å². The van der Waals surface area contributed by atoms with Crippen molar-refractivity contribution in [2.75, 3.05) is 5.73 Å². The Morgan fingerprint density at radius 1 is 1.33 bits per heavy atom. The molecule has 78 valence electrons. The maximum atomic E-state index is 13.6. The number of hydrogen-bond acceptors (Lipinski definition) is 3. The lowest BCUT2D eigenvalue weighted by Crippen LogP contribution is -2.00. The van der Waals surface area contributed by atoms with E-state index in [0.717, 1.165) is 0 Å². The second kappa shape index (κ2) is 3.34. The lowest BCUT2D eigenvalue weighted by Gasteiger charge is -2.06. The van der Waals surface area contributed by atoms with E-state index in [-0.39, 0.29) is 5.82 Å². The van der Waals surface area contributed by atoms with Gasteiger partial charge in [-0.3, -0.25) is 0 Å². The zero-order valence-electron chi connectivity index (χ0n) is 8.53. The lowest BCUT2D eigenvalue weighted by molar-refractivity contribution is 0.629. The molecular formula is C10H11FN4. The second-order valence-electron chi connectivity index (χ2n) is 3.33. The van der Waals surface area contributed by atoms with Gasteiger partial charge in [0, 0.05) is 12.7 Å². The van der Waals surface area contributed by atoms with Gasteiger partial charge in [0.1, 0.15) is 11.6 Å². The maximum absolute atomic E-state index is 13.6. The van der Waals surface area contributed by atoms with Crippen LogP contribution in [0.3, 0.4) is 0 Å². The number of aryl methyl sites for hydroxylation is 1. The average molecular weight is 206 g/mol. The van der Waals surface area contributed by atoms with Crippen molar-refractivity contribution in [2.24, 2.45) is 7.05 Å². The first-order valence-corrected chi connectivity index (χ1v) is 4.51. The standard InChI is InChI=1S/C10H11FN4/c1-6-13-14-10(15(6)2)9-7(11)4-3-5-8(9)12/h3-5H,12H2,1-2H3. The molecule has 0 fully saturated rings. The van der Waals surface area contributed by atoms with Gasteiger partial charge in [-0.15, -0.1) is 10.2 Å². The summed E-state index contributed by atoms with van der Waals surface area (Å²) in [6.07, 6.45) is 0. The van der Waals surface area contributed by atoms with Crippen LogP contribution in [-0.4, -0.2) is 14.8 Å². The monoisotopic (exact) mass is 206 g/mol. The summed E-state index contributed by atoms with van der Waals surface area (Å²) in [6, 6.07) is 4.57. The summed E-state index contributed by atoms with van der Waals surface area (Å²) in [4.78, 5) is 0. The van der Waals surface area contributed by atoms with Gasteiger partial charge in [-0.1, -0.05) is 6.07 Å². The number of nitrogens with zero attached hydrogens (tertiary/aromatic N) is 3. The predicted octanol–water partition coefficient (Wildman–Crippen LogP) is 1.51. The molecule has 2 aromatic rings. The van der Waals surface area contributed by atoms with Crippen LogP contribution < -0.4 is 5.73 Å². The molecule has 0 bridgehead atoms. The molecule has 5 heteroatoms. The third-order valence-electron chi connectivity index (χ3n) is 2.36. The molecule has 0 amide bonds. The van der Waals surface area contributed by atoms with Gasteiger partial charge >= 0.3 is 0 Å². The molecule has 0 saturated carbocycles. The van der Waals surface area contributed by atoms with Crippen LogP contribution in [-0.2, 0) is 7.05 Å². The quantitative estimate of drug-likeness (QED) is 0.719. The molecule has 2 rings (SSSR count). The molecule has 1 aromatic carbocycles. The fourth-order valence-electron chi connectivity index (χ4n) is 1.40. The van der Waals surface area contributed by atoms with Gasteiger partial charge in [-0.05, 0) is 19.1 Å². The van der Waals surface area contributed by atoms with E-state index in [1.54, 1.807) is 30.7 Å². The fourth-order valence-corrected chi connectivity index (χ4v) is 1.40. The minimum atomic E-state index is -0.384. The van der Waals surface area contributed by atoms with E-state index in [1.165, 1.54) is 6.07 Å². The Kier molecular flexibility index (Phi) is 2.15. The topological polar surface area (TPSA) is 56.7 Å². The van der Waals surface area contributed by atoms with Gasteiger partial charge in [-0.2, -0.15) is 0 Å². The van der Waals surface area contributed by atoms with Crippen LogP contribution in [0.25, 0.3) is 11.4 Å². The predicted molar refractivity (Wildman–Crippen MR) is 55.5 cm³/mol. The van der Waals surface area contributed by atoms with Gasteiger partial charge in [0.05, 0.1) is 5.56 Å². The van der Waals surface area contributed by atoms with Crippen molar-refractivity contribution in [3.8, 4) is 11.4 Å². The number of nitrogens with two attached hydrogens (primary N) is 1. The van der Waals surface area contributed by atoms with Crippen molar-refractivity contribution in [3.63, 3.8) is 0 Å². The molecule has 1 heterocycles. The van der Waals surface area contributed by atoms with Gasteiger partial charge < -0.3 is 10.3 Å². The molecule has 0 aliphatic heterocycles. The first-order chi connectivity index (χ1) is 7.11. The van der Waals surface area contributed by atoms with Crippen molar-refractivity contribution >= 4 is 5.69 Å². The summed E-state index contributed by atoms with van der Waals surface area (Å²) in [6.45, 7) is 1.80. The highest BCUT2D eigenvalue weighted by Gasteiger charge is 2.15. The van der Waals surface area contributed by atoms with E-state index < -0.39 is 0 Å². The zero-order valence-corrected chi connectivity index (χ0v) is 8.53. The Labute approximate surface area is 86.6 Å². The van der Waals surface area contributed by atoms with E-state index in [0.29, 0.717) is 22.9 Å². The number of anilines is 1. The Hall–Kier alpha value is -1.91. The van der Waals surface area contributed by atoms with Crippen molar-refractivity contribution < 1.29 is 4.39 Å². The largest absolute Gasteiger partial charge is 0.398 e. The van der Waals surface area contributed by atoms with Gasteiger partial charge in [0.2, 0.25) is 0 Å². The fraction of sp³-hybridized carbons (Fsp3) is 0.200. The van der Waals surface area contributed by atoms with Crippen LogP contribution in [0.4, 0.5) is 10.1 Å². The highest BCUT2D eigenvalue weighted by molar-refractivity contribution is 5.72. The summed E-state index contributed by atoms with van der Waals surface area (Å²) >= 11 is 0. The highest BCUT2D eigenvalue weighted by Crippen LogP contribution is 2.26. The first kappa shape index (κ1) is 9.64. The van der Waals surface area contributed by atoms with Crippen molar-refractivity contribution in [3.05, 3.63) is 29.8 Å². The third kappa shape index (κ3) is 1.45. The molecule has 0 aliphatic rings. The molecule has 0 spiro atoms. The number of nitrogen functional groups attached to an aromatic ring is 1. The summed E-state index contributed by atoms with van der Waals surface area (Å²) < 4.78 is 15.3. The second-order valence-corrected chi connectivity index (χ2v) is 3.33. The Bertz CT molecular complexity index is 484. The number of rotatable bonds is 1. The molecule has 0 unspecified atom stereocenters. The molecule has 0 aliphatic carbocycles. The maximum Gasteiger partial charge on any atom is 0.168 e. The lowest BCUT2D eigenvalue weighted by atomic mass is 10.1. The number of hydrogen-bond donors (Lipinski definition) is 1. The average Bonchev–Trinajstić information content (AvgIpc) is 2.49. The molecule has 0 saturated heterocycles. The van der Waals surface area contributed by atoms with Crippen molar-refractivity contribution in [2.45, 2.75) is 6.92 Å². The minimum Gasteiger partial charge on any atom is -0.398 e. The van der Waals surface area contributed by atoms with Gasteiger partial charge in [0.15, 0.2) is 5.82 Å². The highest BCUT2D eigenvalue weighted by atomic mass is 19.1. The Morgan fingerprint density at radius 2 is 2.07 bits per heavy atom. The number of halogens is 1. The molecule has 4 nitrogen and oxygen atoms in total.